The molecule has 8 heavy (non-hydrogen) atoms. The summed E-state index contributed by atoms with van der Waals surface area (Å²) >= 11 is 3.12. The first-order valence-electron chi connectivity index (χ1n) is 2.29. The standard InChI is InChI=1S/C5H7O2.Fe/c1-5(7)3-2-4-6;/h2-3H2,1H3;. The molecular formula is C5H7FeO2. The molecule has 0 aliphatic rings. The van der Waals surface area contributed by atoms with Crippen molar-refractivity contribution in [2.45, 2.75) is 19.8 Å². The normalized spacial score (nSPS) is 8.75. The number of Topliss-reactive ketones (excluding diaryl/α,β-unsaturated/α-hetero) is 1. The molecule has 0 aromatic rings. The summed E-state index contributed by atoms with van der Waals surface area (Å²) in [5.74, 6) is 0.0435. The van der Waals surface area contributed by atoms with Gasteiger partial charge in [-0.3, -0.25) is 0 Å². The number of carbonyl (C=O) groups excluding carboxylic acids is 2. The number of carbonyl (C=O) groups is 2. The van der Waals surface area contributed by atoms with Crippen molar-refractivity contribution in [3.63, 3.8) is 0 Å². The van der Waals surface area contributed by atoms with Crippen LogP contribution in [-0.4, -0.2) is 10.5 Å². The summed E-state index contributed by atoms with van der Waals surface area (Å²) in [7, 11) is 0. The molecule has 0 fully saturated rings. The van der Waals surface area contributed by atoms with Crippen molar-refractivity contribution < 1.29 is 25.6 Å². The van der Waals surface area contributed by atoms with E-state index in [0.29, 0.717) is 6.42 Å². The molecule has 2 nitrogen and oxygen atoms in total. The summed E-state index contributed by atoms with van der Waals surface area (Å²) in [6, 6.07) is 0. The van der Waals surface area contributed by atoms with Gasteiger partial charge in [0.25, 0.3) is 0 Å². The zero-order valence-electron chi connectivity index (χ0n) is 4.58. The minimum absolute atomic E-state index is 0.0435. The molecule has 0 aromatic carbocycles. The van der Waals surface area contributed by atoms with Gasteiger partial charge in [-0.25, -0.2) is 0 Å². The van der Waals surface area contributed by atoms with Crippen molar-refractivity contribution in [3.05, 3.63) is 0 Å². The van der Waals surface area contributed by atoms with Crippen LogP contribution in [0.4, 0.5) is 0 Å². The van der Waals surface area contributed by atoms with E-state index >= 15 is 0 Å². The molecule has 0 N–H and O–H groups in total. The molecule has 0 saturated carbocycles. The van der Waals surface area contributed by atoms with E-state index in [4.69, 9.17) is 0 Å². The molecule has 47 valence electrons. The SMILES string of the molecule is CC(=O)CC[C](=O)[Fe]. The van der Waals surface area contributed by atoms with Gasteiger partial charge in [-0.05, 0) is 0 Å². The summed E-state index contributed by atoms with van der Waals surface area (Å²) < 4.78 is -0.166. The molecule has 0 atom stereocenters. The molecular weight excluding hydrogens is 148 g/mol. The average molecular weight is 155 g/mol. The van der Waals surface area contributed by atoms with Gasteiger partial charge in [-0.1, -0.05) is 0 Å². The molecule has 0 bridgehead atoms. The van der Waals surface area contributed by atoms with Gasteiger partial charge in [-0.2, -0.15) is 0 Å². The van der Waals surface area contributed by atoms with Gasteiger partial charge in [0, 0.05) is 0 Å². The summed E-state index contributed by atoms with van der Waals surface area (Å²) in [5, 5.41) is 0. The summed E-state index contributed by atoms with van der Waals surface area (Å²) in [6.07, 6.45) is 0.623. The van der Waals surface area contributed by atoms with Gasteiger partial charge in [0.15, 0.2) is 0 Å². The second kappa shape index (κ2) is 3.81. The van der Waals surface area contributed by atoms with Crippen LogP contribution in [0.25, 0.3) is 0 Å². The Labute approximate surface area is 56.5 Å². The van der Waals surface area contributed by atoms with E-state index in [9.17, 15) is 9.59 Å². The Balaban J connectivity index is 3.18. The zero-order valence-corrected chi connectivity index (χ0v) is 5.69. The Hall–Kier alpha value is -0.141. The van der Waals surface area contributed by atoms with Crippen molar-refractivity contribution in [1.29, 1.82) is 0 Å². The first kappa shape index (κ1) is 7.86. The van der Waals surface area contributed by atoms with E-state index in [1.807, 2.05) is 0 Å². The molecule has 3 heteroatoms. The second-order valence-corrected chi connectivity index (χ2v) is 2.16. The van der Waals surface area contributed by atoms with Gasteiger partial charge in [0.2, 0.25) is 0 Å². The van der Waals surface area contributed by atoms with Gasteiger partial charge in [-0.15, -0.1) is 0 Å². The van der Waals surface area contributed by atoms with Crippen molar-refractivity contribution >= 4 is 10.5 Å². The maximum atomic E-state index is 10.2. The monoisotopic (exact) mass is 155 g/mol. The van der Waals surface area contributed by atoms with Crippen LogP contribution in [-0.2, 0) is 25.6 Å². The van der Waals surface area contributed by atoms with Crippen LogP contribution in [0.2, 0.25) is 0 Å². The number of hydrogen-bond donors (Lipinski definition) is 0. The fourth-order valence-corrected chi connectivity index (χ4v) is 0.409. The third kappa shape index (κ3) is 5.86. The Kier molecular flexibility index (Phi) is 3.75. The third-order valence-electron chi connectivity index (χ3n) is 0.668. The quantitative estimate of drug-likeness (QED) is 0.553. The molecule has 0 heterocycles. The van der Waals surface area contributed by atoms with Gasteiger partial charge in [0.05, 0.1) is 0 Å². The van der Waals surface area contributed by atoms with E-state index in [-0.39, 0.29) is 16.9 Å². The van der Waals surface area contributed by atoms with Crippen LogP contribution in [0, 0.1) is 0 Å². The topological polar surface area (TPSA) is 34.1 Å². The Morgan fingerprint density at radius 2 is 1.88 bits per heavy atom. The molecule has 0 aliphatic carbocycles. The van der Waals surface area contributed by atoms with Crippen LogP contribution >= 0.6 is 0 Å². The molecule has 0 spiro atoms. The van der Waals surface area contributed by atoms with Crippen molar-refractivity contribution in [1.82, 2.24) is 0 Å². The first-order valence-corrected chi connectivity index (χ1v) is 2.84. The van der Waals surface area contributed by atoms with Gasteiger partial charge < -0.3 is 0 Å². The molecule has 0 aromatic heterocycles. The molecule has 0 saturated heterocycles. The predicted molar refractivity (Wildman–Crippen MR) is 24.9 cm³/mol. The van der Waals surface area contributed by atoms with Crippen LogP contribution in [0.3, 0.4) is 0 Å². The third-order valence-corrected chi connectivity index (χ3v) is 0.944. The molecule has 0 amide bonds. The van der Waals surface area contributed by atoms with Gasteiger partial charge >= 0.3 is 55.8 Å². The van der Waals surface area contributed by atoms with Crippen LogP contribution < -0.4 is 0 Å². The molecule has 0 radical (unpaired) electrons. The summed E-state index contributed by atoms with van der Waals surface area (Å²) in [6.45, 7) is 1.46. The van der Waals surface area contributed by atoms with Crippen LogP contribution in [0.5, 0.6) is 0 Å². The van der Waals surface area contributed by atoms with Gasteiger partial charge in [0.1, 0.15) is 0 Å². The van der Waals surface area contributed by atoms with Crippen molar-refractivity contribution in [2.24, 2.45) is 0 Å². The number of rotatable bonds is 3. The summed E-state index contributed by atoms with van der Waals surface area (Å²) in [5.41, 5.74) is 0. The second-order valence-electron chi connectivity index (χ2n) is 1.54. The Morgan fingerprint density at radius 1 is 1.38 bits per heavy atom. The number of ketones is 1. The summed E-state index contributed by atoms with van der Waals surface area (Å²) in [4.78, 5) is 20.3. The van der Waals surface area contributed by atoms with E-state index < -0.39 is 0 Å². The van der Waals surface area contributed by atoms with E-state index in [0.717, 1.165) is 0 Å². The van der Waals surface area contributed by atoms with Crippen LogP contribution in [0.1, 0.15) is 19.8 Å². The van der Waals surface area contributed by atoms with Crippen LogP contribution in [0.15, 0.2) is 0 Å². The maximum absolute atomic E-state index is 10.2. The fraction of sp³-hybridized carbons (Fsp3) is 0.600. The Bertz CT molecular complexity index is 95.0. The van der Waals surface area contributed by atoms with E-state index in [1.54, 1.807) is 0 Å². The predicted octanol–water partition coefficient (Wildman–Crippen LogP) is 0.429. The van der Waals surface area contributed by atoms with Crippen molar-refractivity contribution in [3.8, 4) is 0 Å². The average Bonchev–Trinajstić information content (AvgIpc) is 1.61. The van der Waals surface area contributed by atoms with E-state index in [2.05, 4.69) is 16.0 Å². The minimum atomic E-state index is -0.166. The molecule has 0 unspecified atom stereocenters. The van der Waals surface area contributed by atoms with Crippen molar-refractivity contribution in [2.75, 3.05) is 0 Å². The zero-order chi connectivity index (χ0) is 6.57. The molecule has 0 aliphatic heterocycles. The van der Waals surface area contributed by atoms with E-state index in [1.165, 1.54) is 6.92 Å². The number of hydrogen-bond acceptors (Lipinski definition) is 2. The first-order chi connectivity index (χ1) is 3.63. The molecule has 0 rings (SSSR count). The fourth-order valence-electron chi connectivity index (χ4n) is 0.271. The Morgan fingerprint density at radius 3 is 2.00 bits per heavy atom.